The minimum atomic E-state index is -0.0986. The highest BCUT2D eigenvalue weighted by atomic mass is 16.2. The Morgan fingerprint density at radius 3 is 2.81 bits per heavy atom. The molecule has 7 nitrogen and oxygen atoms in total. The Morgan fingerprint density at radius 2 is 2.11 bits per heavy atom. The fraction of sp³-hybridized carbons (Fsp3) is 0.500. The zero-order chi connectivity index (χ0) is 19.4. The second-order valence-electron chi connectivity index (χ2n) is 6.62. The van der Waals surface area contributed by atoms with E-state index in [1.54, 1.807) is 15.8 Å². The molecule has 0 atom stereocenters. The normalized spacial score (nSPS) is 12.9. The zero-order valence-electron chi connectivity index (χ0n) is 16.1. The Labute approximate surface area is 159 Å². The number of aryl methyl sites for hydroxylation is 1. The van der Waals surface area contributed by atoms with Crippen LogP contribution in [0.25, 0.3) is 11.0 Å². The van der Waals surface area contributed by atoms with Gasteiger partial charge in [0.15, 0.2) is 5.65 Å². The lowest BCUT2D eigenvalue weighted by atomic mass is 10.1. The van der Waals surface area contributed by atoms with E-state index >= 15 is 0 Å². The molecule has 7 heteroatoms. The van der Waals surface area contributed by atoms with E-state index in [2.05, 4.69) is 22.3 Å². The van der Waals surface area contributed by atoms with Crippen molar-refractivity contribution in [2.75, 3.05) is 11.9 Å². The molecular formula is C20H25N5O2. The van der Waals surface area contributed by atoms with Crippen molar-refractivity contribution in [2.45, 2.75) is 59.5 Å². The predicted octanol–water partition coefficient (Wildman–Crippen LogP) is 2.95. The summed E-state index contributed by atoms with van der Waals surface area (Å²) < 4.78 is 1.79. The van der Waals surface area contributed by atoms with Crippen molar-refractivity contribution in [3.63, 3.8) is 0 Å². The third-order valence-electron chi connectivity index (χ3n) is 4.56. The van der Waals surface area contributed by atoms with Crippen molar-refractivity contribution in [2.24, 2.45) is 0 Å². The first kappa shape index (κ1) is 18.9. The lowest BCUT2D eigenvalue weighted by Crippen LogP contribution is -2.25. The van der Waals surface area contributed by atoms with Gasteiger partial charge in [0, 0.05) is 19.4 Å². The summed E-state index contributed by atoms with van der Waals surface area (Å²) in [6.07, 6.45) is 4.38. The van der Waals surface area contributed by atoms with Gasteiger partial charge in [-0.1, -0.05) is 13.8 Å². The molecule has 2 amide bonds. The summed E-state index contributed by atoms with van der Waals surface area (Å²) >= 11 is 0. The van der Waals surface area contributed by atoms with Crippen LogP contribution in [0.15, 0.2) is 6.20 Å². The van der Waals surface area contributed by atoms with Gasteiger partial charge in [0.05, 0.1) is 41.6 Å². The predicted molar refractivity (Wildman–Crippen MR) is 104 cm³/mol. The Hall–Kier alpha value is -2.88. The number of pyridine rings is 1. The van der Waals surface area contributed by atoms with E-state index in [1.165, 1.54) is 0 Å². The van der Waals surface area contributed by atoms with Crippen molar-refractivity contribution >= 4 is 28.5 Å². The average Bonchev–Trinajstić information content (AvgIpc) is 3.18. The monoisotopic (exact) mass is 367 g/mol. The second-order valence-corrected chi connectivity index (χ2v) is 6.62. The van der Waals surface area contributed by atoms with Gasteiger partial charge >= 0.3 is 0 Å². The molecule has 142 valence electrons. The summed E-state index contributed by atoms with van der Waals surface area (Å²) in [5.41, 5.74) is 2.44. The van der Waals surface area contributed by atoms with Crippen LogP contribution in [0.5, 0.6) is 0 Å². The molecular weight excluding hydrogens is 342 g/mol. The van der Waals surface area contributed by atoms with Crippen molar-refractivity contribution in [1.29, 1.82) is 0 Å². The van der Waals surface area contributed by atoms with Gasteiger partial charge in [0.25, 0.3) is 5.91 Å². The van der Waals surface area contributed by atoms with Crippen LogP contribution in [-0.4, -0.2) is 38.0 Å². The maximum Gasteiger partial charge on any atom is 0.258 e. The van der Waals surface area contributed by atoms with E-state index < -0.39 is 0 Å². The molecule has 1 N–H and O–H groups in total. The van der Waals surface area contributed by atoms with E-state index in [4.69, 9.17) is 4.98 Å². The van der Waals surface area contributed by atoms with E-state index in [0.717, 1.165) is 12.8 Å². The molecule has 1 aliphatic rings. The molecule has 3 rings (SSSR count). The molecule has 2 aromatic heterocycles. The molecule has 0 unspecified atom stereocenters. The number of aromatic nitrogens is 3. The molecule has 27 heavy (non-hydrogen) atoms. The van der Waals surface area contributed by atoms with Gasteiger partial charge in [-0.3, -0.25) is 9.59 Å². The molecule has 0 fully saturated rings. The number of hydrogen-bond donors (Lipinski definition) is 1. The summed E-state index contributed by atoms with van der Waals surface area (Å²) in [6, 6.07) is 0. The number of carbonyl (C=O) groups excluding carboxylic acids is 2. The van der Waals surface area contributed by atoms with Gasteiger partial charge in [-0.25, -0.2) is 9.67 Å². The Morgan fingerprint density at radius 1 is 1.30 bits per heavy atom. The van der Waals surface area contributed by atoms with E-state index in [9.17, 15) is 9.59 Å². The molecule has 0 spiro atoms. The first-order valence-corrected chi connectivity index (χ1v) is 9.47. The van der Waals surface area contributed by atoms with Crippen LogP contribution >= 0.6 is 0 Å². The van der Waals surface area contributed by atoms with Crippen molar-refractivity contribution < 1.29 is 9.59 Å². The number of fused-ring (bicyclic) bond motifs is 2. The Kier molecular flexibility index (Phi) is 5.75. The number of anilines is 1. The molecule has 3 heterocycles. The summed E-state index contributed by atoms with van der Waals surface area (Å²) in [6.45, 7) is 7.55. The first-order chi connectivity index (χ1) is 13.1. The van der Waals surface area contributed by atoms with Crippen LogP contribution in [0.3, 0.4) is 0 Å². The van der Waals surface area contributed by atoms with Gasteiger partial charge in [-0.05, 0) is 19.8 Å². The average molecular weight is 367 g/mol. The third-order valence-corrected chi connectivity index (χ3v) is 4.56. The lowest BCUT2D eigenvalue weighted by molar-refractivity contribution is -0.116. The SMILES string of the molecule is CC#CCCn1ncc2c(NC(=O)CCC)c3c(nc21)CN(CCC)C3=O. The first-order valence-electron chi connectivity index (χ1n) is 9.47. The maximum absolute atomic E-state index is 12.9. The molecule has 0 saturated carbocycles. The number of nitrogens with one attached hydrogen (secondary N) is 1. The summed E-state index contributed by atoms with van der Waals surface area (Å²) in [4.78, 5) is 31.7. The standard InChI is InChI=1S/C20H25N5O2/c1-4-7-8-11-25-19-14(12-21-25)18(23-16(26)9-5-2)17-15(22-19)13-24(10-6-3)20(17)27/h12H,5-6,8-11,13H2,1-3H3,(H,22,23,26). The summed E-state index contributed by atoms with van der Waals surface area (Å²) in [5.74, 6) is 5.73. The minimum Gasteiger partial charge on any atom is -0.333 e. The topological polar surface area (TPSA) is 80.1 Å². The molecule has 0 aromatic carbocycles. The number of carbonyl (C=O) groups is 2. The maximum atomic E-state index is 12.9. The van der Waals surface area contributed by atoms with E-state index in [0.29, 0.717) is 60.5 Å². The quantitative estimate of drug-likeness (QED) is 0.763. The number of hydrogen-bond acceptors (Lipinski definition) is 4. The fourth-order valence-electron chi connectivity index (χ4n) is 3.35. The number of nitrogens with zero attached hydrogens (tertiary/aromatic N) is 4. The highest BCUT2D eigenvalue weighted by Gasteiger charge is 2.33. The van der Waals surface area contributed by atoms with E-state index in [-0.39, 0.29) is 11.8 Å². The number of amides is 2. The van der Waals surface area contributed by atoms with Gasteiger partial charge in [-0.15, -0.1) is 11.8 Å². The molecule has 1 aliphatic heterocycles. The van der Waals surface area contributed by atoms with Gasteiger partial charge in [0.2, 0.25) is 5.91 Å². The lowest BCUT2D eigenvalue weighted by Gasteiger charge is -2.14. The highest BCUT2D eigenvalue weighted by molar-refractivity contribution is 6.13. The Bertz CT molecular complexity index is 935. The highest BCUT2D eigenvalue weighted by Crippen LogP contribution is 2.34. The van der Waals surface area contributed by atoms with Crippen molar-refractivity contribution in [3.8, 4) is 11.8 Å². The number of rotatable bonds is 7. The van der Waals surface area contributed by atoms with Crippen LogP contribution in [0.1, 0.15) is 62.5 Å². The van der Waals surface area contributed by atoms with Crippen LogP contribution in [0.4, 0.5) is 5.69 Å². The van der Waals surface area contributed by atoms with Crippen molar-refractivity contribution in [1.82, 2.24) is 19.7 Å². The van der Waals surface area contributed by atoms with Crippen molar-refractivity contribution in [3.05, 3.63) is 17.5 Å². The van der Waals surface area contributed by atoms with Crippen LogP contribution in [0, 0.1) is 11.8 Å². The molecule has 0 saturated heterocycles. The molecule has 0 bridgehead atoms. The zero-order valence-corrected chi connectivity index (χ0v) is 16.1. The molecule has 2 aromatic rings. The van der Waals surface area contributed by atoms with E-state index in [1.807, 2.05) is 20.8 Å². The fourth-order valence-corrected chi connectivity index (χ4v) is 3.35. The minimum absolute atomic E-state index is 0.0716. The van der Waals surface area contributed by atoms with Gasteiger partial charge in [0.1, 0.15) is 0 Å². The smallest absolute Gasteiger partial charge is 0.258 e. The third kappa shape index (κ3) is 3.65. The molecule has 0 aliphatic carbocycles. The Balaban J connectivity index is 2.09. The van der Waals surface area contributed by atoms with Crippen LogP contribution in [0.2, 0.25) is 0 Å². The van der Waals surface area contributed by atoms with Crippen LogP contribution < -0.4 is 5.32 Å². The van der Waals surface area contributed by atoms with Crippen LogP contribution in [-0.2, 0) is 17.9 Å². The summed E-state index contributed by atoms with van der Waals surface area (Å²) in [7, 11) is 0. The van der Waals surface area contributed by atoms with Gasteiger partial charge in [-0.2, -0.15) is 5.10 Å². The second kappa shape index (κ2) is 8.21. The van der Waals surface area contributed by atoms with Gasteiger partial charge < -0.3 is 10.2 Å². The molecule has 0 radical (unpaired) electrons. The summed E-state index contributed by atoms with van der Waals surface area (Å²) in [5, 5.41) is 8.07. The largest absolute Gasteiger partial charge is 0.333 e.